The van der Waals surface area contributed by atoms with Gasteiger partial charge in [-0.2, -0.15) is 13.2 Å². The lowest BCUT2D eigenvalue weighted by Crippen LogP contribution is -2.52. The van der Waals surface area contributed by atoms with Crippen LogP contribution in [0.2, 0.25) is 0 Å². The van der Waals surface area contributed by atoms with Gasteiger partial charge in [0.1, 0.15) is 17.7 Å². The number of ether oxygens (including phenoxy) is 1. The molecule has 2 rings (SSSR count). The minimum absolute atomic E-state index is 0. The molecule has 3 N–H and O–H groups in total. The van der Waals surface area contributed by atoms with Crippen molar-refractivity contribution >= 4 is 35.6 Å². The number of nitrogens with two attached hydrogens (primary N) is 1. The Hall–Kier alpha value is -1.21. The molecule has 1 aliphatic rings. The van der Waals surface area contributed by atoms with Gasteiger partial charge in [0, 0.05) is 19.2 Å². The molecule has 0 amide bonds. The van der Waals surface area contributed by atoms with Gasteiger partial charge in [0.05, 0.1) is 25.4 Å². The molecule has 1 atom stereocenters. The summed E-state index contributed by atoms with van der Waals surface area (Å²) >= 11 is 0. The summed E-state index contributed by atoms with van der Waals surface area (Å²) < 4.78 is 71.1. The van der Waals surface area contributed by atoms with Gasteiger partial charge in [0.15, 0.2) is 5.96 Å². The normalized spacial score (nSPS) is 17.7. The molecule has 1 saturated heterocycles. The number of rotatable bonds is 4. The Kier molecular flexibility index (Phi) is 8.28. The monoisotopic (exact) mass is 480 g/mol. The van der Waals surface area contributed by atoms with Crippen molar-refractivity contribution in [3.05, 3.63) is 29.8 Å². The number of aliphatic imine (C=N–C) groups is 1. The molecule has 0 aliphatic carbocycles. The predicted molar refractivity (Wildman–Crippen MR) is 94.1 cm³/mol. The lowest BCUT2D eigenvalue weighted by atomic mass is 10.2. The number of benzene rings is 1. The molecule has 1 heterocycles. The number of nitrogens with one attached hydrogen (secondary N) is 1. The zero-order valence-electron chi connectivity index (χ0n) is 13.0. The Morgan fingerprint density at radius 1 is 1.28 bits per heavy atom. The van der Waals surface area contributed by atoms with E-state index in [0.29, 0.717) is 0 Å². The molecular weight excluding hydrogens is 462 g/mol. The van der Waals surface area contributed by atoms with Crippen LogP contribution >= 0.6 is 24.0 Å². The summed E-state index contributed by atoms with van der Waals surface area (Å²) in [6.45, 7) is 0.0213. The summed E-state index contributed by atoms with van der Waals surface area (Å²) in [5.74, 6) is -1.94. The van der Waals surface area contributed by atoms with Gasteiger partial charge in [-0.05, 0) is 12.1 Å². The van der Waals surface area contributed by atoms with Crippen LogP contribution < -0.4 is 11.1 Å². The average Bonchev–Trinajstić information content (AvgIpc) is 2.51. The van der Waals surface area contributed by atoms with E-state index < -0.39 is 36.4 Å². The summed E-state index contributed by atoms with van der Waals surface area (Å²) in [6.07, 6.45) is -4.49. The number of nitrogens with zero attached hydrogens (tertiary/aromatic N) is 2. The van der Waals surface area contributed by atoms with Gasteiger partial charge in [0.25, 0.3) is 0 Å². The van der Waals surface area contributed by atoms with Crippen molar-refractivity contribution in [2.24, 2.45) is 10.7 Å². The van der Waals surface area contributed by atoms with Gasteiger partial charge in [-0.25, -0.2) is 8.78 Å². The number of morpholine rings is 1. The molecule has 25 heavy (non-hydrogen) atoms. The van der Waals surface area contributed by atoms with Crippen molar-refractivity contribution in [3.63, 3.8) is 0 Å². The van der Waals surface area contributed by atoms with E-state index in [1.54, 1.807) is 0 Å². The lowest BCUT2D eigenvalue weighted by molar-refractivity contribution is -0.188. The Balaban J connectivity index is 0.00000312. The zero-order valence-corrected chi connectivity index (χ0v) is 15.4. The summed E-state index contributed by atoms with van der Waals surface area (Å²) in [4.78, 5) is 4.84. The predicted octanol–water partition coefficient (Wildman–Crippen LogP) is 2.57. The van der Waals surface area contributed by atoms with Crippen LogP contribution in [0.15, 0.2) is 23.2 Å². The summed E-state index contributed by atoms with van der Waals surface area (Å²) in [6, 6.07) is 0.795. The fraction of sp³-hybridized carbons (Fsp3) is 0.500. The molecule has 142 valence electrons. The van der Waals surface area contributed by atoms with E-state index in [9.17, 15) is 22.0 Å². The zero-order chi connectivity index (χ0) is 17.7. The molecule has 0 saturated carbocycles. The summed E-state index contributed by atoms with van der Waals surface area (Å²) in [7, 11) is 0. The summed E-state index contributed by atoms with van der Waals surface area (Å²) in [5, 5.41) is 2.26. The van der Waals surface area contributed by atoms with Crippen LogP contribution in [0.3, 0.4) is 0 Å². The van der Waals surface area contributed by atoms with Gasteiger partial charge >= 0.3 is 6.18 Å². The van der Waals surface area contributed by atoms with E-state index in [2.05, 4.69) is 10.3 Å². The highest BCUT2D eigenvalue weighted by Gasteiger charge is 2.43. The van der Waals surface area contributed by atoms with Crippen LogP contribution in [-0.2, 0) is 4.74 Å². The van der Waals surface area contributed by atoms with E-state index in [4.69, 9.17) is 10.5 Å². The van der Waals surface area contributed by atoms with Gasteiger partial charge < -0.3 is 15.8 Å². The number of guanidine groups is 1. The van der Waals surface area contributed by atoms with Gasteiger partial charge in [0.2, 0.25) is 0 Å². The Labute approximate surface area is 158 Å². The van der Waals surface area contributed by atoms with Gasteiger partial charge in [-0.3, -0.25) is 9.89 Å². The Morgan fingerprint density at radius 2 is 1.92 bits per heavy atom. The van der Waals surface area contributed by atoms with Crippen LogP contribution in [-0.4, -0.2) is 55.9 Å². The van der Waals surface area contributed by atoms with E-state index in [1.165, 1.54) is 4.90 Å². The first kappa shape index (κ1) is 21.8. The van der Waals surface area contributed by atoms with E-state index >= 15 is 0 Å². The van der Waals surface area contributed by atoms with Crippen LogP contribution in [0, 0.1) is 11.6 Å². The largest absolute Gasteiger partial charge is 0.405 e. The van der Waals surface area contributed by atoms with Gasteiger partial charge in [-0.15, -0.1) is 24.0 Å². The molecule has 0 aromatic heterocycles. The highest BCUT2D eigenvalue weighted by Crippen LogP contribution is 2.26. The molecule has 5 nitrogen and oxygen atoms in total. The quantitative estimate of drug-likeness (QED) is 0.301. The maximum atomic E-state index is 13.5. The SMILES string of the molecule is I.NC(=NCC(N1CCOCC1)C(F)(F)F)Nc1cc(F)ccc1F. The number of halogens is 6. The van der Waals surface area contributed by atoms with Crippen molar-refractivity contribution < 1.29 is 26.7 Å². The van der Waals surface area contributed by atoms with E-state index in [0.717, 1.165) is 18.2 Å². The molecule has 1 aromatic carbocycles. The topological polar surface area (TPSA) is 62.9 Å². The fourth-order valence-electron chi connectivity index (χ4n) is 2.27. The number of alkyl halides is 3. The molecule has 11 heteroatoms. The van der Waals surface area contributed by atoms with Crippen molar-refractivity contribution in [2.75, 3.05) is 38.2 Å². The fourth-order valence-corrected chi connectivity index (χ4v) is 2.27. The minimum Gasteiger partial charge on any atom is -0.379 e. The smallest absolute Gasteiger partial charge is 0.379 e. The van der Waals surface area contributed by atoms with Crippen LogP contribution in [0.5, 0.6) is 0 Å². The van der Waals surface area contributed by atoms with Crippen molar-refractivity contribution in [3.8, 4) is 0 Å². The standard InChI is InChI=1S/C14H17F5N4O.HI/c15-9-1-2-10(16)11(7-9)22-13(20)21-8-12(14(17,18)19)23-3-5-24-6-4-23;/h1-2,7,12H,3-6,8H2,(H3,20,21,22);1H. The first-order valence-corrected chi connectivity index (χ1v) is 7.18. The molecule has 1 fully saturated rings. The van der Waals surface area contributed by atoms with Crippen LogP contribution in [0.4, 0.5) is 27.6 Å². The molecule has 0 radical (unpaired) electrons. The number of anilines is 1. The molecule has 1 aliphatic heterocycles. The second-order valence-electron chi connectivity index (χ2n) is 5.18. The van der Waals surface area contributed by atoms with Crippen LogP contribution in [0.1, 0.15) is 0 Å². The second-order valence-corrected chi connectivity index (χ2v) is 5.18. The maximum absolute atomic E-state index is 13.5. The third-order valence-corrected chi connectivity index (χ3v) is 3.49. The Bertz CT molecular complexity index is 593. The first-order chi connectivity index (χ1) is 11.3. The molecule has 1 aromatic rings. The van der Waals surface area contributed by atoms with Crippen molar-refractivity contribution in [1.82, 2.24) is 4.90 Å². The van der Waals surface area contributed by atoms with Crippen molar-refractivity contribution in [1.29, 1.82) is 0 Å². The number of hydrogen-bond acceptors (Lipinski definition) is 3. The first-order valence-electron chi connectivity index (χ1n) is 7.18. The molecule has 0 bridgehead atoms. The molecule has 1 unspecified atom stereocenters. The highest BCUT2D eigenvalue weighted by atomic mass is 127. The lowest BCUT2D eigenvalue weighted by Gasteiger charge is -2.34. The molecule has 0 spiro atoms. The third-order valence-electron chi connectivity index (χ3n) is 3.49. The van der Waals surface area contributed by atoms with Gasteiger partial charge in [-0.1, -0.05) is 0 Å². The maximum Gasteiger partial charge on any atom is 0.405 e. The number of hydrogen-bond donors (Lipinski definition) is 2. The third kappa shape index (κ3) is 6.55. The highest BCUT2D eigenvalue weighted by molar-refractivity contribution is 14.0. The minimum atomic E-state index is -4.49. The summed E-state index contributed by atoms with van der Waals surface area (Å²) in [5.41, 5.74) is 5.19. The van der Waals surface area contributed by atoms with Crippen LogP contribution in [0.25, 0.3) is 0 Å². The Morgan fingerprint density at radius 3 is 2.52 bits per heavy atom. The second kappa shape index (κ2) is 9.48. The molecular formula is C14H18F5IN4O. The van der Waals surface area contributed by atoms with Crippen molar-refractivity contribution in [2.45, 2.75) is 12.2 Å². The van der Waals surface area contributed by atoms with E-state index in [-0.39, 0.29) is 56.0 Å². The average molecular weight is 480 g/mol. The van der Waals surface area contributed by atoms with E-state index in [1.807, 2.05) is 0 Å².